The fourth-order valence-electron chi connectivity index (χ4n) is 3.75. The number of rotatable bonds is 4. The van der Waals surface area contributed by atoms with E-state index in [1.54, 1.807) is 0 Å². The lowest BCUT2D eigenvalue weighted by atomic mass is 9.66. The summed E-state index contributed by atoms with van der Waals surface area (Å²) in [5, 5.41) is 22.4. The fourth-order valence-corrected chi connectivity index (χ4v) is 3.75. The van der Waals surface area contributed by atoms with Crippen LogP contribution in [0.1, 0.15) is 39.0 Å². The summed E-state index contributed by atoms with van der Waals surface area (Å²) in [4.78, 5) is 15.1. The van der Waals surface area contributed by atoms with E-state index in [-0.39, 0.29) is 11.5 Å². The van der Waals surface area contributed by atoms with Crippen molar-refractivity contribution in [3.63, 3.8) is 0 Å². The molecule has 3 rings (SSSR count). The molecule has 0 amide bonds. The minimum Gasteiger partial charge on any atom is -0.508 e. The Morgan fingerprint density at radius 3 is 2.74 bits per heavy atom. The molecule has 1 aliphatic heterocycles. The summed E-state index contributed by atoms with van der Waals surface area (Å²) < 4.78 is 0. The van der Waals surface area contributed by atoms with E-state index in [1.807, 2.05) is 25.2 Å². The zero-order valence-corrected chi connectivity index (χ0v) is 13.3. The van der Waals surface area contributed by atoms with Gasteiger partial charge in [-0.25, -0.2) is 4.99 Å². The molecule has 0 radical (unpaired) electrons. The van der Waals surface area contributed by atoms with Gasteiger partial charge in [0.05, 0.1) is 5.92 Å². The largest absolute Gasteiger partial charge is 0.508 e. The van der Waals surface area contributed by atoms with Crippen molar-refractivity contribution in [3.05, 3.63) is 46.5 Å². The molecule has 1 fully saturated rings. The summed E-state index contributed by atoms with van der Waals surface area (Å²) in [6.45, 7) is 5.59. The van der Waals surface area contributed by atoms with Gasteiger partial charge in [0.15, 0.2) is 0 Å². The molecule has 0 aromatic carbocycles. The Morgan fingerprint density at radius 2 is 2.13 bits per heavy atom. The normalized spacial score (nSPS) is 30.5. The number of carboxylic acids is 1. The average molecular weight is 314 g/mol. The Bertz CT molecular complexity index is 676. The Hall–Kier alpha value is -2.30. The number of carboxylic acid groups (broad SMARTS) is 1. The number of hydrogen-bond acceptors (Lipinski definition) is 4. The van der Waals surface area contributed by atoms with E-state index in [1.165, 1.54) is 0 Å². The van der Waals surface area contributed by atoms with Gasteiger partial charge in [-0.3, -0.25) is 4.79 Å². The molecule has 5 heteroatoms. The van der Waals surface area contributed by atoms with Crippen molar-refractivity contribution in [1.29, 1.82) is 0 Å². The Kier molecular flexibility index (Phi) is 3.88. The molecule has 0 atom stereocenters. The maximum Gasteiger partial charge on any atom is 0.306 e. The molecule has 0 aromatic rings. The number of allylic oxidation sites excluding steroid dienone is 4. The van der Waals surface area contributed by atoms with E-state index >= 15 is 0 Å². The Morgan fingerprint density at radius 1 is 1.43 bits per heavy atom. The summed E-state index contributed by atoms with van der Waals surface area (Å²) in [6.07, 6.45) is 9.69. The van der Waals surface area contributed by atoms with Crippen LogP contribution < -0.4 is 5.32 Å². The molecule has 0 bridgehead atoms. The van der Waals surface area contributed by atoms with Crippen molar-refractivity contribution >= 4 is 12.7 Å². The van der Waals surface area contributed by atoms with Crippen molar-refractivity contribution in [1.82, 2.24) is 5.32 Å². The van der Waals surface area contributed by atoms with Gasteiger partial charge in [-0.15, -0.1) is 0 Å². The molecule has 23 heavy (non-hydrogen) atoms. The van der Waals surface area contributed by atoms with Gasteiger partial charge >= 0.3 is 5.97 Å². The lowest BCUT2D eigenvalue weighted by Crippen LogP contribution is -2.53. The monoisotopic (exact) mass is 314 g/mol. The Labute approximate surface area is 135 Å². The van der Waals surface area contributed by atoms with Crippen LogP contribution in [0.15, 0.2) is 51.5 Å². The van der Waals surface area contributed by atoms with E-state index in [0.717, 1.165) is 41.8 Å². The average Bonchev–Trinajstić information content (AvgIpc) is 2.84. The van der Waals surface area contributed by atoms with E-state index in [9.17, 15) is 9.90 Å². The highest BCUT2D eigenvalue weighted by molar-refractivity contribution is 5.72. The predicted octanol–water partition coefficient (Wildman–Crippen LogP) is 3.23. The maximum absolute atomic E-state index is 11.0. The van der Waals surface area contributed by atoms with Crippen LogP contribution in [0.2, 0.25) is 0 Å². The number of nitrogens with zero attached hydrogens (tertiary/aromatic N) is 1. The second-order valence-electron chi connectivity index (χ2n) is 6.67. The second-order valence-corrected chi connectivity index (χ2v) is 6.67. The van der Waals surface area contributed by atoms with Gasteiger partial charge in [0.25, 0.3) is 0 Å². The first-order chi connectivity index (χ1) is 10.9. The smallest absolute Gasteiger partial charge is 0.306 e. The van der Waals surface area contributed by atoms with Gasteiger partial charge in [-0.1, -0.05) is 12.2 Å². The molecule has 5 nitrogen and oxygen atoms in total. The number of aliphatic hydroxyl groups excluding tert-OH is 1. The molecule has 0 unspecified atom stereocenters. The van der Waals surface area contributed by atoms with Crippen LogP contribution in [0.4, 0.5) is 0 Å². The van der Waals surface area contributed by atoms with Gasteiger partial charge in [-0.05, 0) is 63.0 Å². The molecule has 122 valence electrons. The molecule has 0 saturated heterocycles. The highest BCUT2D eigenvalue weighted by Crippen LogP contribution is 2.47. The lowest BCUT2D eigenvalue weighted by Gasteiger charge is -2.43. The number of aliphatic carboxylic acids is 1. The molecule has 0 aromatic heterocycles. The molecular formula is C18H22N2O3. The standard InChI is InChI=1S/C18H22N2O3/c1-11(14-5-3-4-6-15(14)21)7-12-8-18(20-16(12)19-2)9-13(10-18)17(22)23/h5-7,13,20-21H,2-4,8-10H2,1H3,(H,22,23)/b11-7+/t13-,18+. The van der Waals surface area contributed by atoms with Gasteiger partial charge in [0, 0.05) is 11.1 Å². The van der Waals surface area contributed by atoms with Crippen LogP contribution >= 0.6 is 0 Å². The summed E-state index contributed by atoms with van der Waals surface area (Å²) in [5.41, 5.74) is 2.69. The van der Waals surface area contributed by atoms with Crippen molar-refractivity contribution in [2.45, 2.75) is 44.6 Å². The van der Waals surface area contributed by atoms with Crippen molar-refractivity contribution in [3.8, 4) is 0 Å². The molecule has 3 aliphatic rings. The molecule has 1 heterocycles. The van der Waals surface area contributed by atoms with E-state index < -0.39 is 5.97 Å². The quantitative estimate of drug-likeness (QED) is 0.696. The van der Waals surface area contributed by atoms with Crippen molar-refractivity contribution in [2.75, 3.05) is 0 Å². The first kappa shape index (κ1) is 15.6. The number of nitrogens with one attached hydrogen (secondary N) is 1. The third-order valence-electron chi connectivity index (χ3n) is 4.94. The molecular weight excluding hydrogens is 292 g/mol. The fraction of sp³-hybridized carbons (Fsp3) is 0.444. The van der Waals surface area contributed by atoms with Gasteiger partial charge < -0.3 is 15.5 Å². The zero-order valence-electron chi connectivity index (χ0n) is 13.3. The highest BCUT2D eigenvalue weighted by atomic mass is 16.4. The van der Waals surface area contributed by atoms with Crippen LogP contribution in [0.3, 0.4) is 0 Å². The highest BCUT2D eigenvalue weighted by Gasteiger charge is 2.51. The van der Waals surface area contributed by atoms with Crippen LogP contribution in [0.25, 0.3) is 0 Å². The second kappa shape index (κ2) is 5.72. The predicted molar refractivity (Wildman–Crippen MR) is 89.2 cm³/mol. The molecule has 2 aliphatic carbocycles. The third-order valence-corrected chi connectivity index (χ3v) is 4.94. The number of carbonyl (C=O) groups is 1. The maximum atomic E-state index is 11.0. The first-order valence-electron chi connectivity index (χ1n) is 7.93. The summed E-state index contributed by atoms with van der Waals surface area (Å²) >= 11 is 0. The lowest BCUT2D eigenvalue weighted by molar-refractivity contribution is -0.147. The van der Waals surface area contributed by atoms with E-state index in [4.69, 9.17) is 5.11 Å². The third kappa shape index (κ3) is 2.83. The van der Waals surface area contributed by atoms with Gasteiger partial charge in [-0.2, -0.15) is 0 Å². The number of hydrogen-bond donors (Lipinski definition) is 3. The minimum atomic E-state index is -0.729. The van der Waals surface area contributed by atoms with Gasteiger partial charge in [0.2, 0.25) is 0 Å². The van der Waals surface area contributed by atoms with E-state index in [2.05, 4.69) is 17.0 Å². The van der Waals surface area contributed by atoms with Crippen LogP contribution in [-0.2, 0) is 4.79 Å². The zero-order chi connectivity index (χ0) is 16.6. The number of aliphatic imine (C=N–C) groups is 1. The SMILES string of the molecule is C=NC1=C(/C=C(\C)C2=CCCC=C2O)C[C@]2(C[C@H](C(=O)O)C2)N1. The van der Waals surface area contributed by atoms with Crippen LogP contribution in [0, 0.1) is 5.92 Å². The Balaban J connectivity index is 1.78. The van der Waals surface area contributed by atoms with E-state index in [0.29, 0.717) is 18.6 Å². The van der Waals surface area contributed by atoms with Crippen molar-refractivity contribution in [2.24, 2.45) is 10.9 Å². The van der Waals surface area contributed by atoms with Gasteiger partial charge in [0.1, 0.15) is 11.6 Å². The first-order valence-corrected chi connectivity index (χ1v) is 7.93. The minimum absolute atomic E-state index is 0.190. The summed E-state index contributed by atoms with van der Waals surface area (Å²) in [6, 6.07) is 0. The topological polar surface area (TPSA) is 81.9 Å². The molecule has 1 spiro atoms. The molecule has 1 saturated carbocycles. The summed E-state index contributed by atoms with van der Waals surface area (Å²) in [7, 11) is 0. The van der Waals surface area contributed by atoms with Crippen LogP contribution in [-0.4, -0.2) is 28.4 Å². The van der Waals surface area contributed by atoms with Crippen LogP contribution in [0.5, 0.6) is 0 Å². The summed E-state index contributed by atoms with van der Waals surface area (Å²) in [5.74, 6) is 0.0567. The number of aliphatic hydroxyl groups is 1. The van der Waals surface area contributed by atoms with Crippen molar-refractivity contribution < 1.29 is 15.0 Å². The molecule has 3 N–H and O–H groups in total.